The Bertz CT molecular complexity index is 836. The van der Waals surface area contributed by atoms with Crippen LogP contribution in [0.2, 0.25) is 0 Å². The lowest BCUT2D eigenvalue weighted by molar-refractivity contribution is -0.927. The monoisotopic (exact) mass is 414 g/mol. The number of benzene rings is 2. The van der Waals surface area contributed by atoms with Crippen LogP contribution in [0.1, 0.15) is 20.8 Å². The Morgan fingerprint density at radius 1 is 1.10 bits per heavy atom. The Balaban J connectivity index is 1.78. The average Bonchev–Trinajstić information content (AvgIpc) is 2.71. The number of nitrogens with two attached hydrogens (primary N) is 1. The van der Waals surface area contributed by atoms with Crippen LogP contribution in [-0.2, 0) is 9.53 Å². The zero-order chi connectivity index (χ0) is 21.2. The van der Waals surface area contributed by atoms with Crippen LogP contribution in [0, 0.1) is 5.41 Å². The molecule has 0 saturated carbocycles. The minimum absolute atomic E-state index is 0.230. The molecule has 0 saturated heterocycles. The second-order valence-electron chi connectivity index (χ2n) is 8.92. The highest BCUT2D eigenvalue weighted by atomic mass is 32.2. The molecule has 2 N–H and O–H groups in total. The number of quaternary nitrogens is 1. The largest absolute Gasteiger partial charge is 0.415 e. The Morgan fingerprint density at radius 2 is 1.62 bits per heavy atom. The Hall–Kier alpha value is -2.02. The highest BCUT2D eigenvalue weighted by molar-refractivity contribution is 7.99. The molecule has 1 unspecified atom stereocenters. The van der Waals surface area contributed by atoms with Crippen molar-refractivity contribution in [2.75, 3.05) is 38.8 Å². The van der Waals surface area contributed by atoms with Crippen LogP contribution < -0.4 is 10.6 Å². The third-order valence-electron chi connectivity index (χ3n) is 5.76. The van der Waals surface area contributed by atoms with E-state index in [1.54, 1.807) is 0 Å². The molecule has 1 aliphatic heterocycles. The summed E-state index contributed by atoms with van der Waals surface area (Å²) in [7, 11) is 4.20. The van der Waals surface area contributed by atoms with Crippen LogP contribution >= 0.6 is 11.8 Å². The van der Waals surface area contributed by atoms with E-state index >= 15 is 0 Å². The van der Waals surface area contributed by atoms with Crippen LogP contribution in [0.3, 0.4) is 0 Å². The summed E-state index contributed by atoms with van der Waals surface area (Å²) in [6.07, 6.45) is 0. The van der Waals surface area contributed by atoms with Crippen LogP contribution in [-0.4, -0.2) is 50.4 Å². The molecule has 1 heterocycles. The van der Waals surface area contributed by atoms with Crippen molar-refractivity contribution >= 4 is 29.1 Å². The molecular formula is C23H32N3O2S+. The predicted octanol–water partition coefficient (Wildman–Crippen LogP) is 4.24. The fraction of sp³-hybridized carbons (Fsp3) is 0.435. The van der Waals surface area contributed by atoms with Gasteiger partial charge in [-0.25, -0.2) is 0 Å². The Kier molecular flexibility index (Phi) is 6.27. The summed E-state index contributed by atoms with van der Waals surface area (Å²) in [5.41, 5.74) is 7.50. The molecule has 0 amide bonds. The third-order valence-corrected chi connectivity index (χ3v) is 6.89. The molecule has 3 rings (SSSR count). The maximum absolute atomic E-state index is 12.4. The highest BCUT2D eigenvalue weighted by Gasteiger charge is 2.34. The van der Waals surface area contributed by atoms with E-state index in [4.69, 9.17) is 10.5 Å². The fourth-order valence-corrected chi connectivity index (χ4v) is 4.19. The first kappa shape index (κ1) is 21.7. The van der Waals surface area contributed by atoms with Gasteiger partial charge in [-0.3, -0.25) is 9.28 Å². The van der Waals surface area contributed by atoms with Crippen LogP contribution in [0.5, 0.6) is 0 Å². The van der Waals surface area contributed by atoms with E-state index in [-0.39, 0.29) is 18.6 Å². The first-order chi connectivity index (χ1) is 13.7. The molecule has 1 atom stereocenters. The van der Waals surface area contributed by atoms with Gasteiger partial charge in [0.15, 0.2) is 0 Å². The molecule has 2 aromatic carbocycles. The maximum Gasteiger partial charge on any atom is 0.317 e. The first-order valence-electron chi connectivity index (χ1n) is 9.99. The van der Waals surface area contributed by atoms with E-state index in [1.807, 2.05) is 25.6 Å². The number of fused-ring (bicyclic) bond motifs is 2. The lowest BCUT2D eigenvalue weighted by Gasteiger charge is -2.40. The van der Waals surface area contributed by atoms with Gasteiger partial charge in [0.05, 0.1) is 37.4 Å². The van der Waals surface area contributed by atoms with Crippen LogP contribution in [0.25, 0.3) is 0 Å². The minimum atomic E-state index is -0.661. The van der Waals surface area contributed by atoms with Crippen molar-refractivity contribution in [3.8, 4) is 0 Å². The van der Waals surface area contributed by atoms with E-state index < -0.39 is 5.41 Å². The molecule has 5 nitrogen and oxygen atoms in total. The molecule has 1 aliphatic rings. The number of carbonyl (C=O) groups excluding carboxylic acids is 1. The Labute approximate surface area is 178 Å². The number of esters is 1. The SMILES string of the molecule is CC(CN1c2ccccc2Sc2ccccc21)[N+](C)(C)COC(=O)C(C)(C)CN. The zero-order valence-corrected chi connectivity index (χ0v) is 18.8. The van der Waals surface area contributed by atoms with Gasteiger partial charge in [0.25, 0.3) is 0 Å². The number of hydrogen-bond acceptors (Lipinski definition) is 5. The molecule has 156 valence electrons. The molecule has 0 aromatic heterocycles. The van der Waals surface area contributed by atoms with E-state index in [0.29, 0.717) is 11.2 Å². The van der Waals surface area contributed by atoms with E-state index in [2.05, 4.69) is 74.4 Å². The molecule has 0 bridgehead atoms. The van der Waals surface area contributed by atoms with E-state index in [0.717, 1.165) is 6.54 Å². The standard InChI is InChI=1S/C23H32N3O2S/c1-17(26(4,5)16-28-22(27)23(2,3)15-24)14-25-18-10-6-8-12-20(18)29-21-13-9-7-11-19(21)25/h6-13,17H,14-16,24H2,1-5H3/q+1. The number of para-hydroxylation sites is 2. The number of nitrogens with zero attached hydrogens (tertiary/aromatic N) is 2. The summed E-state index contributed by atoms with van der Waals surface area (Å²) >= 11 is 1.81. The lowest BCUT2D eigenvalue weighted by Crippen LogP contribution is -2.54. The van der Waals surface area contributed by atoms with Crippen molar-refractivity contribution in [3.63, 3.8) is 0 Å². The van der Waals surface area contributed by atoms with Gasteiger partial charge in [0, 0.05) is 16.3 Å². The van der Waals surface area contributed by atoms with E-state index in [1.165, 1.54) is 21.2 Å². The number of hydrogen-bond donors (Lipinski definition) is 1. The fourth-order valence-electron chi connectivity index (χ4n) is 3.09. The van der Waals surface area contributed by atoms with Gasteiger partial charge < -0.3 is 15.4 Å². The van der Waals surface area contributed by atoms with Crippen molar-refractivity contribution < 1.29 is 14.0 Å². The van der Waals surface area contributed by atoms with Gasteiger partial charge in [-0.1, -0.05) is 36.0 Å². The van der Waals surface area contributed by atoms with Gasteiger partial charge in [0.2, 0.25) is 6.73 Å². The number of carbonyl (C=O) groups is 1. The smallest absolute Gasteiger partial charge is 0.317 e. The second-order valence-corrected chi connectivity index (χ2v) is 10.0. The average molecular weight is 415 g/mol. The quantitative estimate of drug-likeness (QED) is 0.417. The molecule has 0 aliphatic carbocycles. The van der Waals surface area contributed by atoms with Crippen molar-refractivity contribution in [2.45, 2.75) is 36.6 Å². The van der Waals surface area contributed by atoms with Gasteiger partial charge in [0.1, 0.15) is 6.04 Å². The van der Waals surface area contributed by atoms with Gasteiger partial charge in [-0.2, -0.15) is 0 Å². The molecule has 0 radical (unpaired) electrons. The summed E-state index contributed by atoms with van der Waals surface area (Å²) in [5.74, 6) is -0.247. The predicted molar refractivity (Wildman–Crippen MR) is 119 cm³/mol. The van der Waals surface area contributed by atoms with Crippen molar-refractivity contribution in [1.82, 2.24) is 0 Å². The van der Waals surface area contributed by atoms with Gasteiger partial charge in [-0.05, 0) is 45.0 Å². The van der Waals surface area contributed by atoms with Gasteiger partial charge in [-0.15, -0.1) is 0 Å². The van der Waals surface area contributed by atoms with E-state index in [9.17, 15) is 4.79 Å². The van der Waals surface area contributed by atoms with Crippen molar-refractivity contribution in [1.29, 1.82) is 0 Å². The number of rotatable bonds is 7. The number of likely N-dealkylation sites (N-methyl/N-ethyl adjacent to an activating group) is 1. The summed E-state index contributed by atoms with van der Waals surface area (Å²) < 4.78 is 6.21. The third kappa shape index (κ3) is 4.60. The lowest BCUT2D eigenvalue weighted by atomic mass is 9.94. The second kappa shape index (κ2) is 8.38. The molecule has 29 heavy (non-hydrogen) atoms. The normalized spacial score (nSPS) is 14.8. The van der Waals surface area contributed by atoms with Crippen molar-refractivity contribution in [3.05, 3.63) is 48.5 Å². The van der Waals surface area contributed by atoms with Crippen molar-refractivity contribution in [2.24, 2.45) is 11.1 Å². The first-order valence-corrected chi connectivity index (χ1v) is 10.8. The molecule has 2 aromatic rings. The topological polar surface area (TPSA) is 55.6 Å². The summed E-state index contributed by atoms with van der Waals surface area (Å²) in [5, 5.41) is 0. The Morgan fingerprint density at radius 3 is 2.14 bits per heavy atom. The molecule has 0 spiro atoms. The zero-order valence-electron chi connectivity index (χ0n) is 18.0. The highest BCUT2D eigenvalue weighted by Crippen LogP contribution is 2.47. The summed E-state index contributed by atoms with van der Waals surface area (Å²) in [6, 6.07) is 17.3. The molecule has 6 heteroatoms. The number of ether oxygens (including phenoxy) is 1. The molecular weight excluding hydrogens is 382 g/mol. The number of anilines is 2. The van der Waals surface area contributed by atoms with Crippen LogP contribution in [0.15, 0.2) is 58.3 Å². The van der Waals surface area contributed by atoms with Gasteiger partial charge >= 0.3 is 5.97 Å². The maximum atomic E-state index is 12.4. The summed E-state index contributed by atoms with van der Waals surface area (Å²) in [4.78, 5) is 17.3. The minimum Gasteiger partial charge on any atom is -0.415 e. The summed E-state index contributed by atoms with van der Waals surface area (Å²) in [6.45, 7) is 7.24. The molecule has 0 fully saturated rings. The van der Waals surface area contributed by atoms with Crippen LogP contribution in [0.4, 0.5) is 11.4 Å².